The van der Waals surface area contributed by atoms with E-state index in [0.717, 1.165) is 50.3 Å². The lowest BCUT2D eigenvalue weighted by molar-refractivity contribution is 0.0357. The molecule has 0 aliphatic carbocycles. The van der Waals surface area contributed by atoms with Crippen molar-refractivity contribution in [2.24, 2.45) is 0 Å². The quantitative estimate of drug-likeness (QED) is 0.412. The fraction of sp³-hybridized carbons (Fsp3) is 0.348. The number of carbonyl (C=O) groups is 1. The number of nitrogens with zero attached hydrogens (tertiary/aromatic N) is 3. The van der Waals surface area contributed by atoms with E-state index in [2.05, 4.69) is 20.2 Å². The van der Waals surface area contributed by atoms with Crippen LogP contribution in [0.3, 0.4) is 0 Å². The molecule has 0 bridgehead atoms. The van der Waals surface area contributed by atoms with Crippen LogP contribution in [0.25, 0.3) is 10.9 Å². The van der Waals surface area contributed by atoms with Crippen molar-refractivity contribution in [2.75, 3.05) is 51.9 Å². The highest BCUT2D eigenvalue weighted by Gasteiger charge is 2.13. The van der Waals surface area contributed by atoms with Crippen LogP contribution in [-0.2, 0) is 4.74 Å². The van der Waals surface area contributed by atoms with Crippen LogP contribution >= 0.6 is 24.8 Å². The Kier molecular flexibility index (Phi) is 10.6. The maximum absolute atomic E-state index is 11.0. The first kappa shape index (κ1) is 27.4. The summed E-state index contributed by atoms with van der Waals surface area (Å²) in [6.07, 6.45) is 2.38. The number of fused-ring (bicyclic) bond motifs is 1. The first-order valence-corrected chi connectivity index (χ1v) is 10.5. The molecule has 11 heteroatoms. The normalized spacial score (nSPS) is 13.4. The van der Waals surface area contributed by atoms with Gasteiger partial charge in [-0.1, -0.05) is 0 Å². The SMILES string of the molecule is COc1cc2c(Nc3ccc(C(=O)O)cc3)ncnc2cc1OCCCN1CCOCC1.Cl.Cl. The molecule has 0 amide bonds. The van der Waals surface area contributed by atoms with Crippen molar-refractivity contribution >= 4 is 53.2 Å². The summed E-state index contributed by atoms with van der Waals surface area (Å²) in [5.74, 6) is 0.863. The van der Waals surface area contributed by atoms with Gasteiger partial charge in [-0.25, -0.2) is 14.8 Å². The third-order valence-electron chi connectivity index (χ3n) is 5.30. The molecule has 0 saturated carbocycles. The summed E-state index contributed by atoms with van der Waals surface area (Å²) < 4.78 is 16.9. The Morgan fingerprint density at radius 2 is 1.85 bits per heavy atom. The van der Waals surface area contributed by atoms with E-state index >= 15 is 0 Å². The smallest absolute Gasteiger partial charge is 0.335 e. The number of carboxylic acid groups (broad SMARTS) is 1. The zero-order chi connectivity index (χ0) is 22.3. The second kappa shape index (κ2) is 13.1. The number of carboxylic acids is 1. The molecule has 3 aromatic rings. The molecule has 1 aliphatic rings. The lowest BCUT2D eigenvalue weighted by Gasteiger charge is -2.26. The van der Waals surface area contributed by atoms with E-state index in [1.54, 1.807) is 19.2 Å². The molecule has 34 heavy (non-hydrogen) atoms. The number of benzene rings is 2. The summed E-state index contributed by atoms with van der Waals surface area (Å²) in [7, 11) is 1.60. The summed E-state index contributed by atoms with van der Waals surface area (Å²) in [5, 5.41) is 13.0. The van der Waals surface area contributed by atoms with Gasteiger partial charge in [0.1, 0.15) is 12.1 Å². The van der Waals surface area contributed by atoms with Gasteiger partial charge in [-0.3, -0.25) is 4.90 Å². The number of rotatable bonds is 9. The largest absolute Gasteiger partial charge is 0.493 e. The van der Waals surface area contributed by atoms with Crippen LogP contribution < -0.4 is 14.8 Å². The highest BCUT2D eigenvalue weighted by atomic mass is 35.5. The summed E-state index contributed by atoms with van der Waals surface area (Å²) >= 11 is 0. The lowest BCUT2D eigenvalue weighted by atomic mass is 10.2. The predicted octanol–water partition coefficient (Wildman–Crippen LogP) is 4.02. The number of aromatic nitrogens is 2. The summed E-state index contributed by atoms with van der Waals surface area (Å²) in [4.78, 5) is 22.1. The molecule has 2 heterocycles. The number of anilines is 2. The third-order valence-corrected chi connectivity index (χ3v) is 5.30. The van der Waals surface area contributed by atoms with E-state index in [9.17, 15) is 4.79 Å². The van der Waals surface area contributed by atoms with Gasteiger partial charge in [-0.15, -0.1) is 24.8 Å². The number of hydrogen-bond acceptors (Lipinski definition) is 8. The first-order chi connectivity index (χ1) is 15.6. The molecule has 4 rings (SSSR count). The Hall–Kier alpha value is -2.85. The fourth-order valence-corrected chi connectivity index (χ4v) is 3.56. The van der Waals surface area contributed by atoms with Crippen molar-refractivity contribution in [3.8, 4) is 11.5 Å². The van der Waals surface area contributed by atoms with Crippen molar-refractivity contribution in [1.82, 2.24) is 14.9 Å². The Morgan fingerprint density at radius 1 is 1.12 bits per heavy atom. The van der Waals surface area contributed by atoms with Crippen LogP contribution in [0, 0.1) is 0 Å². The van der Waals surface area contributed by atoms with E-state index in [4.69, 9.17) is 19.3 Å². The van der Waals surface area contributed by atoms with Crippen molar-refractivity contribution in [2.45, 2.75) is 6.42 Å². The second-order valence-corrected chi connectivity index (χ2v) is 7.41. The molecule has 184 valence electrons. The predicted molar refractivity (Wildman–Crippen MR) is 135 cm³/mol. The molecule has 0 spiro atoms. The van der Waals surface area contributed by atoms with Crippen LogP contribution in [0.2, 0.25) is 0 Å². The van der Waals surface area contributed by atoms with Crippen LogP contribution in [-0.4, -0.2) is 72.5 Å². The number of nitrogens with one attached hydrogen (secondary N) is 1. The minimum atomic E-state index is -0.966. The molecule has 1 aliphatic heterocycles. The highest BCUT2D eigenvalue weighted by Crippen LogP contribution is 2.34. The van der Waals surface area contributed by atoms with E-state index in [1.807, 2.05) is 12.1 Å². The zero-order valence-electron chi connectivity index (χ0n) is 18.7. The van der Waals surface area contributed by atoms with Gasteiger partial charge >= 0.3 is 5.97 Å². The molecule has 0 radical (unpaired) electrons. The van der Waals surface area contributed by atoms with Gasteiger partial charge in [-0.05, 0) is 36.8 Å². The minimum Gasteiger partial charge on any atom is -0.493 e. The summed E-state index contributed by atoms with van der Waals surface area (Å²) in [5.41, 5.74) is 1.66. The van der Waals surface area contributed by atoms with E-state index in [1.165, 1.54) is 18.5 Å². The van der Waals surface area contributed by atoms with Crippen molar-refractivity contribution in [3.05, 3.63) is 48.3 Å². The van der Waals surface area contributed by atoms with Gasteiger partial charge in [0.2, 0.25) is 0 Å². The molecular weight excluding hydrogens is 483 g/mol. The van der Waals surface area contributed by atoms with Gasteiger partial charge in [0.05, 0.1) is 38.0 Å². The second-order valence-electron chi connectivity index (χ2n) is 7.41. The maximum atomic E-state index is 11.0. The minimum absolute atomic E-state index is 0. The van der Waals surface area contributed by atoms with Crippen molar-refractivity contribution < 1.29 is 24.1 Å². The monoisotopic (exact) mass is 510 g/mol. The van der Waals surface area contributed by atoms with Gasteiger partial charge < -0.3 is 24.6 Å². The van der Waals surface area contributed by atoms with E-state index < -0.39 is 5.97 Å². The average Bonchev–Trinajstić information content (AvgIpc) is 2.82. The van der Waals surface area contributed by atoms with Crippen LogP contribution in [0.5, 0.6) is 11.5 Å². The Balaban J connectivity index is 0.00000204. The van der Waals surface area contributed by atoms with Crippen LogP contribution in [0.15, 0.2) is 42.7 Å². The zero-order valence-corrected chi connectivity index (χ0v) is 20.4. The Morgan fingerprint density at radius 3 is 2.53 bits per heavy atom. The first-order valence-electron chi connectivity index (χ1n) is 10.5. The Labute approximate surface area is 210 Å². The van der Waals surface area contributed by atoms with Crippen molar-refractivity contribution in [1.29, 1.82) is 0 Å². The number of methoxy groups -OCH3 is 1. The van der Waals surface area contributed by atoms with E-state index in [-0.39, 0.29) is 30.4 Å². The lowest BCUT2D eigenvalue weighted by Crippen LogP contribution is -2.37. The van der Waals surface area contributed by atoms with Crippen LogP contribution in [0.1, 0.15) is 16.8 Å². The van der Waals surface area contributed by atoms with Crippen molar-refractivity contribution in [3.63, 3.8) is 0 Å². The molecule has 1 fully saturated rings. The molecule has 0 atom stereocenters. The number of halogens is 2. The number of hydrogen-bond donors (Lipinski definition) is 2. The van der Waals surface area contributed by atoms with Gasteiger partial charge in [-0.2, -0.15) is 0 Å². The molecule has 2 aromatic carbocycles. The van der Waals surface area contributed by atoms with Crippen LogP contribution in [0.4, 0.5) is 11.5 Å². The molecule has 1 saturated heterocycles. The third kappa shape index (κ3) is 6.83. The molecule has 0 unspecified atom stereocenters. The summed E-state index contributed by atoms with van der Waals surface area (Å²) in [6.45, 7) is 5.05. The van der Waals surface area contributed by atoms with Gasteiger partial charge in [0.15, 0.2) is 11.5 Å². The molecule has 2 N–H and O–H groups in total. The Bertz CT molecular complexity index is 1080. The number of aromatic carboxylic acids is 1. The maximum Gasteiger partial charge on any atom is 0.335 e. The van der Waals surface area contributed by atoms with Gasteiger partial charge in [0.25, 0.3) is 0 Å². The number of morpholine rings is 1. The topological polar surface area (TPSA) is 106 Å². The number of ether oxygens (including phenoxy) is 3. The molecule has 9 nitrogen and oxygen atoms in total. The fourth-order valence-electron chi connectivity index (χ4n) is 3.56. The molecule has 1 aromatic heterocycles. The summed E-state index contributed by atoms with van der Waals surface area (Å²) in [6, 6.07) is 10.2. The molecular formula is C23H28Cl2N4O5. The van der Waals surface area contributed by atoms with E-state index in [0.29, 0.717) is 29.4 Å². The highest BCUT2D eigenvalue weighted by molar-refractivity contribution is 5.93. The van der Waals surface area contributed by atoms with Gasteiger partial charge in [0, 0.05) is 36.8 Å². The standard InChI is InChI=1S/C23H26N4O5.2ClH/c1-30-20-13-18-19(14-21(20)32-10-2-7-27-8-11-31-12-9-27)24-15-25-22(18)26-17-5-3-16(4-6-17)23(28)29;;/h3-6,13-15H,2,7-12H2,1H3,(H,28,29)(H,24,25,26);2*1H. The average molecular weight is 511 g/mol.